The summed E-state index contributed by atoms with van der Waals surface area (Å²) in [4.78, 5) is 0. The van der Waals surface area contributed by atoms with Crippen molar-refractivity contribution in [2.45, 2.75) is 117 Å². The number of hydrogen-bond acceptors (Lipinski definition) is 4. The Kier molecular flexibility index (Phi) is 6.28. The van der Waals surface area contributed by atoms with Crippen molar-refractivity contribution >= 4 is 0 Å². The lowest BCUT2D eigenvalue weighted by Crippen LogP contribution is -2.65. The lowest BCUT2D eigenvalue weighted by Gasteiger charge is -2.65. The molecular weight excluding hydrogens is 448 g/mol. The number of methoxy groups -OCH3 is 2. The fraction of sp³-hybridized carbons (Fsp3) is 0.875. The first-order valence-electron chi connectivity index (χ1n) is 14.6. The molecule has 0 aromatic heterocycles. The Morgan fingerprint density at radius 3 is 2.44 bits per heavy atom. The van der Waals surface area contributed by atoms with Crippen LogP contribution in [0.4, 0.5) is 0 Å². The molecular formula is C32H52O4. The molecule has 4 heteroatoms. The highest BCUT2D eigenvalue weighted by Crippen LogP contribution is 2.78. The van der Waals surface area contributed by atoms with Gasteiger partial charge in [0.25, 0.3) is 0 Å². The summed E-state index contributed by atoms with van der Waals surface area (Å²) in [5.41, 5.74) is -0.460. The van der Waals surface area contributed by atoms with Crippen LogP contribution in [0, 0.1) is 45.3 Å². The Hall–Kier alpha value is -0.680. The minimum Gasteiger partial charge on any atom is -0.392 e. The molecule has 0 radical (unpaired) electrons. The van der Waals surface area contributed by atoms with E-state index in [4.69, 9.17) is 14.2 Å². The van der Waals surface area contributed by atoms with Gasteiger partial charge in [-0.2, -0.15) is 0 Å². The summed E-state index contributed by atoms with van der Waals surface area (Å²) >= 11 is 0. The van der Waals surface area contributed by atoms with E-state index in [2.05, 4.69) is 72.8 Å². The summed E-state index contributed by atoms with van der Waals surface area (Å²) in [6, 6.07) is 0. The van der Waals surface area contributed by atoms with Crippen LogP contribution in [0.3, 0.4) is 0 Å². The van der Waals surface area contributed by atoms with E-state index in [1.54, 1.807) is 7.11 Å². The number of fused-ring (bicyclic) bond motifs is 2. The van der Waals surface area contributed by atoms with E-state index < -0.39 is 5.60 Å². The van der Waals surface area contributed by atoms with Crippen LogP contribution in [0.2, 0.25) is 0 Å². The van der Waals surface area contributed by atoms with Gasteiger partial charge >= 0.3 is 0 Å². The van der Waals surface area contributed by atoms with E-state index in [1.807, 2.05) is 7.11 Å². The van der Waals surface area contributed by atoms with Crippen molar-refractivity contribution in [3.05, 3.63) is 24.3 Å². The molecule has 5 rings (SSSR count). The number of allylic oxidation sites excluding steroid dienone is 2. The van der Waals surface area contributed by atoms with Crippen LogP contribution in [-0.4, -0.2) is 42.9 Å². The third-order valence-electron chi connectivity index (χ3n) is 12.9. The van der Waals surface area contributed by atoms with E-state index in [0.717, 1.165) is 25.7 Å². The van der Waals surface area contributed by atoms with Gasteiger partial charge in [-0.25, -0.2) is 0 Å². The monoisotopic (exact) mass is 500 g/mol. The zero-order chi connectivity index (χ0) is 26.4. The first kappa shape index (κ1) is 26.9. The molecule has 5 aliphatic rings. The Balaban J connectivity index is 1.49. The summed E-state index contributed by atoms with van der Waals surface area (Å²) in [5.74, 6) is 2.20. The van der Waals surface area contributed by atoms with Gasteiger partial charge in [-0.3, -0.25) is 0 Å². The molecule has 0 aromatic carbocycles. The molecule has 204 valence electrons. The van der Waals surface area contributed by atoms with Gasteiger partial charge in [0, 0.05) is 31.0 Å². The molecule has 0 aromatic rings. The normalized spacial score (nSPS) is 50.1. The van der Waals surface area contributed by atoms with Crippen LogP contribution in [0.15, 0.2) is 24.3 Å². The predicted molar refractivity (Wildman–Crippen MR) is 144 cm³/mol. The Morgan fingerprint density at radius 1 is 1.06 bits per heavy atom. The quantitative estimate of drug-likeness (QED) is 0.402. The molecule has 4 nitrogen and oxygen atoms in total. The Morgan fingerprint density at radius 2 is 1.78 bits per heavy atom. The molecule has 10 atom stereocenters. The fourth-order valence-electron chi connectivity index (χ4n) is 10.3. The van der Waals surface area contributed by atoms with Crippen molar-refractivity contribution in [2.24, 2.45) is 45.3 Å². The zero-order valence-corrected chi connectivity index (χ0v) is 24.4. The number of rotatable bonds is 6. The van der Waals surface area contributed by atoms with Crippen LogP contribution in [0.5, 0.6) is 0 Å². The summed E-state index contributed by atoms with van der Waals surface area (Å²) in [6.45, 7) is 16.3. The molecule has 1 aliphatic heterocycles. The SMILES string of the molecule is CO[C@@H]1O[C@]23C=C[C@@H]4[C@@]1(CC[C@]1(C)[C@H](C(C)CC=CC(C)(C)OC)CC[C@@]41C)[C@H]2CCC(O)C3(C)C. The molecule has 1 saturated heterocycles. The van der Waals surface area contributed by atoms with Crippen LogP contribution in [0.25, 0.3) is 0 Å². The highest BCUT2D eigenvalue weighted by Gasteiger charge is 2.78. The molecule has 1 N–H and O–H groups in total. The third-order valence-corrected chi connectivity index (χ3v) is 12.9. The summed E-state index contributed by atoms with van der Waals surface area (Å²) in [6.07, 6.45) is 16.9. The van der Waals surface area contributed by atoms with Gasteiger partial charge < -0.3 is 19.3 Å². The van der Waals surface area contributed by atoms with Crippen LogP contribution in [0.1, 0.15) is 93.4 Å². The number of aliphatic hydroxyl groups is 1. The number of aliphatic hydroxyl groups excluding tert-OH is 1. The molecule has 36 heavy (non-hydrogen) atoms. The largest absolute Gasteiger partial charge is 0.392 e. The molecule has 3 saturated carbocycles. The van der Waals surface area contributed by atoms with E-state index in [0.29, 0.717) is 29.1 Å². The molecule has 1 heterocycles. The molecule has 1 spiro atoms. The second-order valence-electron chi connectivity index (χ2n) is 14.7. The third kappa shape index (κ3) is 3.20. The molecule has 0 amide bonds. The summed E-state index contributed by atoms with van der Waals surface area (Å²) < 4.78 is 18.8. The van der Waals surface area contributed by atoms with Crippen molar-refractivity contribution in [2.75, 3.05) is 14.2 Å². The second-order valence-corrected chi connectivity index (χ2v) is 14.7. The summed E-state index contributed by atoms with van der Waals surface area (Å²) in [5, 5.41) is 11.0. The Labute approximate surface area is 220 Å². The van der Waals surface area contributed by atoms with E-state index >= 15 is 0 Å². The second kappa shape index (κ2) is 8.41. The van der Waals surface area contributed by atoms with Crippen LogP contribution < -0.4 is 0 Å². The van der Waals surface area contributed by atoms with E-state index in [1.165, 1.54) is 19.3 Å². The number of hydrogen-bond donors (Lipinski definition) is 1. The summed E-state index contributed by atoms with van der Waals surface area (Å²) in [7, 11) is 3.63. The highest BCUT2D eigenvalue weighted by molar-refractivity contribution is 5.34. The average Bonchev–Trinajstić information content (AvgIpc) is 3.20. The van der Waals surface area contributed by atoms with Crippen molar-refractivity contribution in [1.82, 2.24) is 0 Å². The van der Waals surface area contributed by atoms with Gasteiger partial charge in [0.2, 0.25) is 0 Å². The maximum absolute atomic E-state index is 11.0. The van der Waals surface area contributed by atoms with Gasteiger partial charge in [0.15, 0.2) is 6.29 Å². The van der Waals surface area contributed by atoms with Gasteiger partial charge in [-0.1, -0.05) is 58.9 Å². The zero-order valence-electron chi connectivity index (χ0n) is 24.4. The molecule has 4 fully saturated rings. The maximum atomic E-state index is 11.0. The van der Waals surface area contributed by atoms with Gasteiger partial charge in [-0.15, -0.1) is 0 Å². The highest BCUT2D eigenvalue weighted by atomic mass is 16.7. The molecule has 2 unspecified atom stereocenters. The lowest BCUT2D eigenvalue weighted by molar-refractivity contribution is -0.225. The van der Waals surface area contributed by atoms with Crippen LogP contribution >= 0.6 is 0 Å². The first-order chi connectivity index (χ1) is 16.8. The first-order valence-corrected chi connectivity index (χ1v) is 14.6. The average molecular weight is 501 g/mol. The fourth-order valence-corrected chi connectivity index (χ4v) is 10.3. The van der Waals surface area contributed by atoms with E-state index in [-0.39, 0.29) is 34.2 Å². The minimum absolute atomic E-state index is 0.00428. The minimum atomic E-state index is -0.434. The predicted octanol–water partition coefficient (Wildman–Crippen LogP) is 6.92. The van der Waals surface area contributed by atoms with Crippen LogP contribution in [-0.2, 0) is 14.2 Å². The standard InChI is InChI=1S/C32H52O4/c1-21(11-10-16-27(2,3)35-9)22-14-17-30(7)23-15-18-32-24(12-13-25(33)28(32,4)5)31(23,26(34-8)36-32)20-19-29(22,30)6/h10,15-16,18,21-26,33H,11-14,17,19-20H2,1-9H3/t21?,22-,23-,24+,25?,26+,29+,30-,31-,32+/m0/s1. The molecule has 2 bridgehead atoms. The maximum Gasteiger partial charge on any atom is 0.164 e. The van der Waals surface area contributed by atoms with Gasteiger partial charge in [0.1, 0.15) is 5.60 Å². The van der Waals surface area contributed by atoms with Gasteiger partial charge in [0.05, 0.1) is 11.7 Å². The molecule has 4 aliphatic carbocycles. The topological polar surface area (TPSA) is 47.9 Å². The van der Waals surface area contributed by atoms with Crippen molar-refractivity contribution in [3.8, 4) is 0 Å². The van der Waals surface area contributed by atoms with Gasteiger partial charge in [-0.05, 0) is 87.4 Å². The van der Waals surface area contributed by atoms with Crippen molar-refractivity contribution in [1.29, 1.82) is 0 Å². The smallest absolute Gasteiger partial charge is 0.164 e. The van der Waals surface area contributed by atoms with Crippen molar-refractivity contribution in [3.63, 3.8) is 0 Å². The van der Waals surface area contributed by atoms with Crippen molar-refractivity contribution < 1.29 is 19.3 Å². The van der Waals surface area contributed by atoms with E-state index in [9.17, 15) is 5.11 Å². The number of ether oxygens (including phenoxy) is 3. The lowest BCUT2D eigenvalue weighted by atomic mass is 9.38. The Bertz CT molecular complexity index is 921.